The van der Waals surface area contributed by atoms with Gasteiger partial charge in [-0.2, -0.15) is 0 Å². The summed E-state index contributed by atoms with van der Waals surface area (Å²) in [6.45, 7) is 2.93. The van der Waals surface area contributed by atoms with Crippen LogP contribution in [0.4, 0.5) is 4.39 Å². The molecule has 2 rings (SSSR count). The standard InChI is InChI=1S/C13H18FNS/c1-10-4-3-7-13(10,9-15)16-12-6-2-5-11(14)8-12/h2,5-6,8,10H,3-4,7,9,15H2,1H3. The molecule has 1 aromatic rings. The van der Waals surface area contributed by atoms with Gasteiger partial charge in [-0.15, -0.1) is 11.8 Å². The van der Waals surface area contributed by atoms with Gasteiger partial charge in [0.1, 0.15) is 5.82 Å². The van der Waals surface area contributed by atoms with Crippen molar-refractivity contribution in [2.45, 2.75) is 35.8 Å². The lowest BCUT2D eigenvalue weighted by molar-refractivity contribution is 0.475. The fourth-order valence-corrected chi connectivity index (χ4v) is 3.91. The molecule has 1 saturated carbocycles. The Kier molecular flexibility index (Phi) is 3.55. The van der Waals surface area contributed by atoms with E-state index in [1.165, 1.54) is 18.9 Å². The average Bonchev–Trinajstić information content (AvgIpc) is 2.61. The van der Waals surface area contributed by atoms with Crippen LogP contribution in [0.2, 0.25) is 0 Å². The summed E-state index contributed by atoms with van der Waals surface area (Å²) in [7, 11) is 0. The molecule has 0 saturated heterocycles. The lowest BCUT2D eigenvalue weighted by Crippen LogP contribution is -2.36. The van der Waals surface area contributed by atoms with Crippen LogP contribution in [0, 0.1) is 11.7 Å². The molecule has 1 fully saturated rings. The molecule has 0 heterocycles. The molecule has 1 nitrogen and oxygen atoms in total. The summed E-state index contributed by atoms with van der Waals surface area (Å²) < 4.78 is 13.2. The maximum absolute atomic E-state index is 13.1. The normalized spacial score (nSPS) is 29.6. The van der Waals surface area contributed by atoms with Crippen LogP contribution in [-0.2, 0) is 0 Å². The van der Waals surface area contributed by atoms with E-state index in [1.54, 1.807) is 23.9 Å². The summed E-state index contributed by atoms with van der Waals surface area (Å²) in [5.41, 5.74) is 5.93. The summed E-state index contributed by atoms with van der Waals surface area (Å²) in [4.78, 5) is 0.999. The maximum Gasteiger partial charge on any atom is 0.124 e. The van der Waals surface area contributed by atoms with Crippen molar-refractivity contribution in [1.82, 2.24) is 0 Å². The molecule has 2 unspecified atom stereocenters. The third-order valence-electron chi connectivity index (χ3n) is 3.60. The molecule has 2 atom stereocenters. The smallest absolute Gasteiger partial charge is 0.124 e. The van der Waals surface area contributed by atoms with E-state index in [2.05, 4.69) is 6.92 Å². The van der Waals surface area contributed by atoms with Crippen LogP contribution in [0.1, 0.15) is 26.2 Å². The number of hydrogen-bond acceptors (Lipinski definition) is 2. The largest absolute Gasteiger partial charge is 0.329 e. The Labute approximate surface area is 101 Å². The topological polar surface area (TPSA) is 26.0 Å². The van der Waals surface area contributed by atoms with Gasteiger partial charge in [-0.05, 0) is 37.0 Å². The highest BCUT2D eigenvalue weighted by Crippen LogP contribution is 2.48. The van der Waals surface area contributed by atoms with Crippen LogP contribution in [0.5, 0.6) is 0 Å². The van der Waals surface area contributed by atoms with Gasteiger partial charge in [0.2, 0.25) is 0 Å². The number of thioether (sulfide) groups is 1. The Morgan fingerprint density at radius 3 is 2.94 bits per heavy atom. The second-order valence-corrected chi connectivity index (χ2v) is 6.11. The van der Waals surface area contributed by atoms with Crippen LogP contribution in [0.25, 0.3) is 0 Å². The highest BCUT2D eigenvalue weighted by molar-refractivity contribution is 8.00. The second kappa shape index (κ2) is 4.76. The first-order chi connectivity index (χ1) is 7.66. The number of benzene rings is 1. The van der Waals surface area contributed by atoms with Gasteiger partial charge in [0, 0.05) is 16.2 Å². The third kappa shape index (κ3) is 2.25. The minimum absolute atomic E-state index is 0.119. The van der Waals surface area contributed by atoms with Gasteiger partial charge in [0.15, 0.2) is 0 Å². The predicted molar refractivity (Wildman–Crippen MR) is 67.1 cm³/mol. The van der Waals surface area contributed by atoms with Crippen molar-refractivity contribution in [1.29, 1.82) is 0 Å². The Morgan fingerprint density at radius 1 is 1.56 bits per heavy atom. The zero-order chi connectivity index (χ0) is 11.6. The van der Waals surface area contributed by atoms with E-state index in [4.69, 9.17) is 5.73 Å². The van der Waals surface area contributed by atoms with Crippen LogP contribution in [0.15, 0.2) is 29.2 Å². The Balaban J connectivity index is 2.18. The monoisotopic (exact) mass is 239 g/mol. The molecule has 0 aromatic heterocycles. The van der Waals surface area contributed by atoms with E-state index >= 15 is 0 Å². The van der Waals surface area contributed by atoms with E-state index in [0.29, 0.717) is 12.5 Å². The number of halogens is 1. The molecule has 1 aromatic carbocycles. The van der Waals surface area contributed by atoms with Crippen LogP contribution >= 0.6 is 11.8 Å². The van der Waals surface area contributed by atoms with Crippen LogP contribution < -0.4 is 5.73 Å². The van der Waals surface area contributed by atoms with Gasteiger partial charge in [-0.3, -0.25) is 0 Å². The molecule has 0 spiro atoms. The number of hydrogen-bond donors (Lipinski definition) is 1. The zero-order valence-electron chi connectivity index (χ0n) is 9.58. The molecule has 16 heavy (non-hydrogen) atoms. The van der Waals surface area contributed by atoms with E-state index in [0.717, 1.165) is 11.3 Å². The highest BCUT2D eigenvalue weighted by Gasteiger charge is 2.39. The molecule has 0 radical (unpaired) electrons. The van der Waals surface area contributed by atoms with Crippen LogP contribution in [0.3, 0.4) is 0 Å². The Morgan fingerprint density at radius 2 is 2.38 bits per heavy atom. The minimum Gasteiger partial charge on any atom is -0.329 e. The molecular formula is C13H18FNS. The summed E-state index contributed by atoms with van der Waals surface area (Å²) >= 11 is 1.76. The molecule has 88 valence electrons. The van der Waals surface area contributed by atoms with Gasteiger partial charge in [0.25, 0.3) is 0 Å². The first kappa shape index (κ1) is 11.9. The minimum atomic E-state index is -0.164. The van der Waals surface area contributed by atoms with Gasteiger partial charge in [-0.25, -0.2) is 4.39 Å². The Bertz CT molecular complexity index is 369. The van der Waals surface area contributed by atoms with E-state index in [9.17, 15) is 4.39 Å². The molecule has 1 aliphatic carbocycles. The average molecular weight is 239 g/mol. The first-order valence-corrected chi connectivity index (χ1v) is 6.62. The summed E-state index contributed by atoms with van der Waals surface area (Å²) in [5.74, 6) is 0.452. The molecule has 1 aliphatic rings. The molecule has 0 amide bonds. The van der Waals surface area contributed by atoms with Gasteiger partial charge in [-0.1, -0.05) is 19.4 Å². The molecule has 0 aliphatic heterocycles. The maximum atomic E-state index is 13.1. The van der Waals surface area contributed by atoms with Gasteiger partial charge < -0.3 is 5.73 Å². The van der Waals surface area contributed by atoms with Crippen molar-refractivity contribution >= 4 is 11.8 Å². The van der Waals surface area contributed by atoms with Crippen molar-refractivity contribution in [3.8, 4) is 0 Å². The fourth-order valence-electron chi connectivity index (χ4n) is 2.48. The van der Waals surface area contributed by atoms with Gasteiger partial charge >= 0.3 is 0 Å². The summed E-state index contributed by atoms with van der Waals surface area (Å²) in [6, 6.07) is 6.82. The van der Waals surface area contributed by atoms with Crippen LogP contribution in [-0.4, -0.2) is 11.3 Å². The van der Waals surface area contributed by atoms with Crippen molar-refractivity contribution in [3.63, 3.8) is 0 Å². The van der Waals surface area contributed by atoms with Crippen molar-refractivity contribution < 1.29 is 4.39 Å². The van der Waals surface area contributed by atoms with Crippen molar-refractivity contribution in [3.05, 3.63) is 30.1 Å². The number of nitrogens with two attached hydrogens (primary N) is 1. The van der Waals surface area contributed by atoms with E-state index in [1.807, 2.05) is 6.07 Å². The molecule has 0 bridgehead atoms. The Hall–Kier alpha value is -0.540. The lowest BCUT2D eigenvalue weighted by atomic mass is 9.97. The SMILES string of the molecule is CC1CCCC1(CN)Sc1cccc(F)c1. The quantitative estimate of drug-likeness (QED) is 0.874. The molecule has 3 heteroatoms. The first-order valence-electron chi connectivity index (χ1n) is 5.81. The fraction of sp³-hybridized carbons (Fsp3) is 0.538. The molecule has 2 N–H and O–H groups in total. The van der Waals surface area contributed by atoms with E-state index < -0.39 is 0 Å². The van der Waals surface area contributed by atoms with E-state index in [-0.39, 0.29) is 10.6 Å². The lowest BCUT2D eigenvalue weighted by Gasteiger charge is -2.31. The second-order valence-electron chi connectivity index (χ2n) is 4.62. The predicted octanol–water partition coefficient (Wildman–Crippen LogP) is 3.44. The number of rotatable bonds is 3. The molecular weight excluding hydrogens is 221 g/mol. The van der Waals surface area contributed by atoms with Gasteiger partial charge in [0.05, 0.1) is 0 Å². The summed E-state index contributed by atoms with van der Waals surface area (Å²) in [6.07, 6.45) is 3.62. The van der Waals surface area contributed by atoms with Crippen molar-refractivity contribution in [2.75, 3.05) is 6.54 Å². The summed E-state index contributed by atoms with van der Waals surface area (Å²) in [5, 5.41) is 0. The van der Waals surface area contributed by atoms with Crippen molar-refractivity contribution in [2.24, 2.45) is 11.7 Å². The highest BCUT2D eigenvalue weighted by atomic mass is 32.2. The zero-order valence-corrected chi connectivity index (χ0v) is 10.4. The third-order valence-corrected chi connectivity index (χ3v) is 5.27.